The van der Waals surface area contributed by atoms with Crippen LogP contribution in [0.3, 0.4) is 0 Å². The molecule has 1 heterocycles. The van der Waals surface area contributed by atoms with Crippen molar-refractivity contribution in [2.24, 2.45) is 0 Å². The molecule has 174 valence electrons. The van der Waals surface area contributed by atoms with Crippen molar-refractivity contribution >= 4 is 11.9 Å². The number of methoxy groups -OCH3 is 2. The van der Waals surface area contributed by atoms with Gasteiger partial charge in [-0.3, -0.25) is 9.59 Å². The van der Waals surface area contributed by atoms with E-state index < -0.39 is 24.5 Å². The molecule has 10 heteroatoms. The number of aromatic nitrogens is 2. The Hall–Kier alpha value is -3.95. The number of hydrogen-bond acceptors (Lipinski definition) is 8. The number of nitrogens with zero attached hydrogens (tertiary/aromatic N) is 2. The molecule has 3 aromatic rings. The summed E-state index contributed by atoms with van der Waals surface area (Å²) in [5.74, 6) is 0.331. The van der Waals surface area contributed by atoms with Crippen molar-refractivity contribution in [3.05, 3.63) is 59.7 Å². The highest BCUT2D eigenvalue weighted by molar-refractivity contribution is 5.81. The van der Waals surface area contributed by atoms with Crippen molar-refractivity contribution in [3.8, 4) is 22.9 Å². The van der Waals surface area contributed by atoms with Crippen LogP contribution in [-0.4, -0.2) is 42.8 Å². The van der Waals surface area contributed by atoms with Crippen molar-refractivity contribution in [1.82, 2.24) is 15.5 Å². The Morgan fingerprint density at radius 1 is 1.12 bits per heavy atom. The second-order valence-electron chi connectivity index (χ2n) is 7.08. The average molecular weight is 457 g/mol. The van der Waals surface area contributed by atoms with E-state index in [1.165, 1.54) is 31.4 Å². The van der Waals surface area contributed by atoms with Crippen molar-refractivity contribution in [2.75, 3.05) is 20.8 Å². The number of ether oxygens (including phenoxy) is 3. The molecule has 1 unspecified atom stereocenters. The molecule has 0 bridgehead atoms. The van der Waals surface area contributed by atoms with Crippen LogP contribution in [-0.2, 0) is 20.7 Å². The van der Waals surface area contributed by atoms with E-state index in [9.17, 15) is 14.0 Å². The van der Waals surface area contributed by atoms with Gasteiger partial charge in [0.2, 0.25) is 11.7 Å². The minimum atomic E-state index is -0.585. The van der Waals surface area contributed by atoms with Gasteiger partial charge >= 0.3 is 5.97 Å². The fraction of sp³-hybridized carbons (Fsp3) is 0.304. The van der Waals surface area contributed by atoms with E-state index in [-0.39, 0.29) is 24.5 Å². The summed E-state index contributed by atoms with van der Waals surface area (Å²) in [5, 5.41) is 6.57. The van der Waals surface area contributed by atoms with E-state index >= 15 is 0 Å². The van der Waals surface area contributed by atoms with Crippen LogP contribution in [0.4, 0.5) is 4.39 Å². The predicted octanol–water partition coefficient (Wildman–Crippen LogP) is 3.25. The molecule has 0 saturated carbocycles. The SMILES string of the molecule is COc1ccc(OC)c(C(C)NC(=O)COC(=O)CCc2nc(-c3ccc(F)cc3)no2)c1. The van der Waals surface area contributed by atoms with E-state index in [1.54, 1.807) is 32.2 Å². The molecule has 33 heavy (non-hydrogen) atoms. The molecule has 0 aliphatic carbocycles. The minimum absolute atomic E-state index is 0.0441. The quantitative estimate of drug-likeness (QED) is 0.462. The second kappa shape index (κ2) is 11.1. The summed E-state index contributed by atoms with van der Waals surface area (Å²) in [5.41, 5.74) is 1.32. The van der Waals surface area contributed by atoms with Gasteiger partial charge in [-0.2, -0.15) is 4.98 Å². The van der Waals surface area contributed by atoms with Gasteiger partial charge < -0.3 is 24.1 Å². The maximum atomic E-state index is 13.0. The van der Waals surface area contributed by atoms with Gasteiger partial charge in [-0.25, -0.2) is 4.39 Å². The van der Waals surface area contributed by atoms with E-state index in [4.69, 9.17) is 18.7 Å². The van der Waals surface area contributed by atoms with Gasteiger partial charge in [-0.1, -0.05) is 5.16 Å². The highest BCUT2D eigenvalue weighted by atomic mass is 19.1. The molecular formula is C23H24FN3O6. The molecule has 9 nitrogen and oxygen atoms in total. The van der Waals surface area contributed by atoms with Crippen LogP contribution in [0.1, 0.15) is 30.8 Å². The van der Waals surface area contributed by atoms with Gasteiger partial charge in [0.1, 0.15) is 17.3 Å². The molecule has 2 aromatic carbocycles. The molecule has 0 saturated heterocycles. The van der Waals surface area contributed by atoms with E-state index in [2.05, 4.69) is 15.5 Å². The number of aryl methyl sites for hydroxylation is 1. The van der Waals surface area contributed by atoms with Gasteiger partial charge in [-0.05, 0) is 49.4 Å². The lowest BCUT2D eigenvalue weighted by molar-refractivity contribution is -0.148. The number of halogens is 1. The zero-order chi connectivity index (χ0) is 23.8. The van der Waals surface area contributed by atoms with Crippen LogP contribution in [0.5, 0.6) is 11.5 Å². The van der Waals surface area contributed by atoms with Crippen molar-refractivity contribution in [2.45, 2.75) is 25.8 Å². The third-order valence-corrected chi connectivity index (χ3v) is 4.76. The third-order valence-electron chi connectivity index (χ3n) is 4.76. The predicted molar refractivity (Wildman–Crippen MR) is 115 cm³/mol. The van der Waals surface area contributed by atoms with Crippen molar-refractivity contribution < 1.29 is 32.7 Å². The third kappa shape index (κ3) is 6.52. The number of carbonyl (C=O) groups is 2. The number of hydrogen-bond donors (Lipinski definition) is 1. The highest BCUT2D eigenvalue weighted by Gasteiger charge is 2.17. The molecule has 0 aliphatic heterocycles. The van der Waals surface area contributed by atoms with E-state index in [0.717, 1.165) is 5.56 Å². The molecule has 1 aromatic heterocycles. The Morgan fingerprint density at radius 3 is 2.58 bits per heavy atom. The highest BCUT2D eigenvalue weighted by Crippen LogP contribution is 2.29. The number of rotatable bonds is 10. The number of amides is 1. The standard InChI is InChI=1S/C23H24FN3O6/c1-14(18-12-17(30-2)8-9-19(18)31-3)25-20(28)13-32-22(29)11-10-21-26-23(27-33-21)15-4-6-16(24)7-5-15/h4-9,12,14H,10-11,13H2,1-3H3,(H,25,28). The summed E-state index contributed by atoms with van der Waals surface area (Å²) in [7, 11) is 3.08. The van der Waals surface area contributed by atoms with Crippen LogP contribution in [0.2, 0.25) is 0 Å². The summed E-state index contributed by atoms with van der Waals surface area (Å²) in [6.45, 7) is 1.35. The fourth-order valence-corrected chi connectivity index (χ4v) is 3.04. The fourth-order valence-electron chi connectivity index (χ4n) is 3.04. The van der Waals surface area contributed by atoms with Gasteiger partial charge in [0.15, 0.2) is 6.61 Å². The molecule has 0 aliphatic rings. The van der Waals surface area contributed by atoms with Gasteiger partial charge in [0.25, 0.3) is 5.91 Å². The maximum Gasteiger partial charge on any atom is 0.306 e. The van der Waals surface area contributed by atoms with Gasteiger partial charge in [-0.15, -0.1) is 0 Å². The monoisotopic (exact) mass is 457 g/mol. The zero-order valence-electron chi connectivity index (χ0n) is 18.5. The van der Waals surface area contributed by atoms with Crippen molar-refractivity contribution in [3.63, 3.8) is 0 Å². The first-order valence-corrected chi connectivity index (χ1v) is 10.1. The lowest BCUT2D eigenvalue weighted by Crippen LogP contribution is -2.31. The topological polar surface area (TPSA) is 113 Å². The number of benzene rings is 2. The molecule has 1 atom stereocenters. The number of carbonyl (C=O) groups excluding carboxylic acids is 2. The first kappa shape index (κ1) is 23.7. The molecule has 0 radical (unpaired) electrons. The minimum Gasteiger partial charge on any atom is -0.497 e. The van der Waals surface area contributed by atoms with Crippen LogP contribution >= 0.6 is 0 Å². The zero-order valence-corrected chi connectivity index (χ0v) is 18.5. The Kier molecular flexibility index (Phi) is 7.96. The molecular weight excluding hydrogens is 433 g/mol. The lowest BCUT2D eigenvalue weighted by atomic mass is 10.1. The lowest BCUT2D eigenvalue weighted by Gasteiger charge is -2.18. The molecule has 0 spiro atoms. The molecule has 1 amide bonds. The average Bonchev–Trinajstić information content (AvgIpc) is 3.30. The Labute approximate surface area is 189 Å². The summed E-state index contributed by atoms with van der Waals surface area (Å²) < 4.78 is 33.7. The van der Waals surface area contributed by atoms with Gasteiger partial charge in [0, 0.05) is 17.5 Å². The first-order valence-electron chi connectivity index (χ1n) is 10.1. The van der Waals surface area contributed by atoms with Crippen LogP contribution in [0.25, 0.3) is 11.4 Å². The smallest absolute Gasteiger partial charge is 0.306 e. The molecule has 3 rings (SSSR count). The van der Waals surface area contributed by atoms with E-state index in [0.29, 0.717) is 22.9 Å². The van der Waals surface area contributed by atoms with Crippen molar-refractivity contribution in [1.29, 1.82) is 0 Å². The largest absolute Gasteiger partial charge is 0.497 e. The summed E-state index contributed by atoms with van der Waals surface area (Å²) in [6, 6.07) is 10.5. The molecule has 0 fully saturated rings. The number of nitrogens with one attached hydrogen (secondary N) is 1. The van der Waals surface area contributed by atoms with Crippen LogP contribution in [0, 0.1) is 5.82 Å². The van der Waals surface area contributed by atoms with Gasteiger partial charge in [0.05, 0.1) is 26.7 Å². The Balaban J connectivity index is 1.45. The first-order chi connectivity index (χ1) is 15.9. The van der Waals surface area contributed by atoms with Crippen LogP contribution < -0.4 is 14.8 Å². The molecule has 1 N–H and O–H groups in total. The summed E-state index contributed by atoms with van der Waals surface area (Å²) >= 11 is 0. The van der Waals surface area contributed by atoms with E-state index in [1.807, 2.05) is 0 Å². The summed E-state index contributed by atoms with van der Waals surface area (Å²) in [6.07, 6.45) is 0.101. The summed E-state index contributed by atoms with van der Waals surface area (Å²) in [4.78, 5) is 28.4. The second-order valence-corrected chi connectivity index (χ2v) is 7.08. The Bertz CT molecular complexity index is 1100. The Morgan fingerprint density at radius 2 is 1.88 bits per heavy atom. The van der Waals surface area contributed by atoms with Crippen LogP contribution in [0.15, 0.2) is 47.0 Å². The maximum absolute atomic E-state index is 13.0. The normalized spacial score (nSPS) is 11.5. The number of esters is 1.